The quantitative estimate of drug-likeness (QED) is 0.494. The highest BCUT2D eigenvalue weighted by Gasteiger charge is 2.54. The number of hydrogen-bond donors (Lipinski definition) is 0. The first-order valence-electron chi connectivity index (χ1n) is 5.54. The lowest BCUT2D eigenvalue weighted by Gasteiger charge is -2.30. The first kappa shape index (κ1) is 7.84. The van der Waals surface area contributed by atoms with Gasteiger partial charge in [0.1, 0.15) is 0 Å². The van der Waals surface area contributed by atoms with Crippen molar-refractivity contribution in [1.82, 2.24) is 0 Å². The Kier molecular flexibility index (Phi) is 1.38. The molecule has 5 atom stereocenters. The summed E-state index contributed by atoms with van der Waals surface area (Å²) in [5.41, 5.74) is 2.99. The van der Waals surface area contributed by atoms with E-state index in [1.165, 1.54) is 24.0 Å². The highest BCUT2D eigenvalue weighted by atomic mass is 14.6. The SMILES string of the molecule is C=C1CC(=C)C2C1C1CC2[C@@H](C)C1. The zero-order chi connectivity index (χ0) is 9.16. The summed E-state index contributed by atoms with van der Waals surface area (Å²) in [5, 5.41) is 0. The van der Waals surface area contributed by atoms with Gasteiger partial charge in [0.25, 0.3) is 0 Å². The maximum atomic E-state index is 4.24. The van der Waals surface area contributed by atoms with Gasteiger partial charge in [-0.25, -0.2) is 0 Å². The van der Waals surface area contributed by atoms with E-state index < -0.39 is 0 Å². The molecule has 0 N–H and O–H groups in total. The van der Waals surface area contributed by atoms with Crippen LogP contribution in [0.4, 0.5) is 0 Å². The molecule has 3 aliphatic carbocycles. The molecule has 0 aliphatic heterocycles. The fourth-order valence-electron chi connectivity index (χ4n) is 4.36. The Hall–Kier alpha value is -0.520. The predicted octanol–water partition coefficient (Wildman–Crippen LogP) is 3.41. The van der Waals surface area contributed by atoms with E-state index in [1.807, 2.05) is 0 Å². The monoisotopic (exact) mass is 174 g/mol. The van der Waals surface area contributed by atoms with Crippen molar-refractivity contribution in [3.8, 4) is 0 Å². The summed E-state index contributed by atoms with van der Waals surface area (Å²) in [6, 6.07) is 0. The Morgan fingerprint density at radius 3 is 2.54 bits per heavy atom. The number of hydrogen-bond acceptors (Lipinski definition) is 0. The predicted molar refractivity (Wildman–Crippen MR) is 55.3 cm³/mol. The van der Waals surface area contributed by atoms with Gasteiger partial charge in [0.05, 0.1) is 0 Å². The lowest BCUT2D eigenvalue weighted by atomic mass is 9.75. The zero-order valence-corrected chi connectivity index (χ0v) is 8.42. The minimum Gasteiger partial charge on any atom is -0.0992 e. The van der Waals surface area contributed by atoms with Gasteiger partial charge in [0.2, 0.25) is 0 Å². The Morgan fingerprint density at radius 1 is 1.08 bits per heavy atom. The molecule has 4 unspecified atom stereocenters. The van der Waals surface area contributed by atoms with Gasteiger partial charge in [-0.2, -0.15) is 0 Å². The molecule has 0 saturated heterocycles. The third-order valence-electron chi connectivity index (χ3n) is 4.73. The average molecular weight is 174 g/mol. The second-order valence-electron chi connectivity index (χ2n) is 5.42. The van der Waals surface area contributed by atoms with E-state index in [0.29, 0.717) is 0 Å². The standard InChI is InChI=1S/C13H18/c1-7-5-10-6-11(7)13-9(3)4-8(2)12(10)13/h7,10-13H,2-6H2,1H3/t7-,10?,11?,12?,13?/m0/s1. The van der Waals surface area contributed by atoms with Crippen molar-refractivity contribution in [2.24, 2.45) is 29.6 Å². The molecule has 0 spiro atoms. The van der Waals surface area contributed by atoms with Crippen LogP contribution in [0.1, 0.15) is 26.2 Å². The molecule has 0 radical (unpaired) electrons. The van der Waals surface area contributed by atoms with Crippen LogP contribution in [0.3, 0.4) is 0 Å². The van der Waals surface area contributed by atoms with Gasteiger partial charge < -0.3 is 0 Å². The molecule has 3 aliphatic rings. The van der Waals surface area contributed by atoms with Crippen molar-refractivity contribution in [3.05, 3.63) is 24.3 Å². The van der Waals surface area contributed by atoms with Gasteiger partial charge in [0.15, 0.2) is 0 Å². The largest absolute Gasteiger partial charge is 0.0992 e. The van der Waals surface area contributed by atoms with Gasteiger partial charge in [-0.3, -0.25) is 0 Å². The van der Waals surface area contributed by atoms with Crippen LogP contribution < -0.4 is 0 Å². The molecule has 2 bridgehead atoms. The van der Waals surface area contributed by atoms with Crippen LogP contribution in [0.2, 0.25) is 0 Å². The fraction of sp³-hybridized carbons (Fsp3) is 0.692. The minimum absolute atomic E-state index is 0.834. The van der Waals surface area contributed by atoms with E-state index in [1.54, 1.807) is 0 Å². The average Bonchev–Trinajstić information content (AvgIpc) is 2.64. The van der Waals surface area contributed by atoms with E-state index in [4.69, 9.17) is 0 Å². The summed E-state index contributed by atoms with van der Waals surface area (Å²) in [6.07, 6.45) is 4.06. The van der Waals surface area contributed by atoms with Crippen molar-refractivity contribution >= 4 is 0 Å². The summed E-state index contributed by atoms with van der Waals surface area (Å²) < 4.78 is 0. The molecule has 3 rings (SSSR count). The molecule has 3 saturated carbocycles. The van der Waals surface area contributed by atoms with Gasteiger partial charge in [-0.05, 0) is 48.9 Å². The molecular formula is C13H18. The number of allylic oxidation sites excluding steroid dienone is 2. The molecule has 70 valence electrons. The van der Waals surface area contributed by atoms with Crippen LogP contribution in [0.25, 0.3) is 0 Å². The maximum absolute atomic E-state index is 4.24. The van der Waals surface area contributed by atoms with E-state index in [-0.39, 0.29) is 0 Å². The molecule has 0 amide bonds. The van der Waals surface area contributed by atoms with E-state index >= 15 is 0 Å². The summed E-state index contributed by atoms with van der Waals surface area (Å²) in [7, 11) is 0. The van der Waals surface area contributed by atoms with Crippen LogP contribution >= 0.6 is 0 Å². The molecule has 0 aromatic heterocycles. The van der Waals surface area contributed by atoms with Crippen LogP contribution in [-0.2, 0) is 0 Å². The molecule has 13 heavy (non-hydrogen) atoms. The summed E-state index contributed by atoms with van der Waals surface area (Å²) in [4.78, 5) is 0. The Morgan fingerprint density at radius 2 is 1.77 bits per heavy atom. The summed E-state index contributed by atoms with van der Waals surface area (Å²) in [6.45, 7) is 10.9. The second kappa shape index (κ2) is 2.29. The molecule has 0 heteroatoms. The van der Waals surface area contributed by atoms with E-state index in [2.05, 4.69) is 20.1 Å². The van der Waals surface area contributed by atoms with Crippen molar-refractivity contribution in [3.63, 3.8) is 0 Å². The smallest absolute Gasteiger partial charge is 0.0103 e. The molecule has 0 aromatic rings. The van der Waals surface area contributed by atoms with Crippen LogP contribution in [0.5, 0.6) is 0 Å². The molecule has 3 fully saturated rings. The molecule has 0 nitrogen and oxygen atoms in total. The highest BCUT2D eigenvalue weighted by Crippen LogP contribution is 2.63. The van der Waals surface area contributed by atoms with Crippen molar-refractivity contribution < 1.29 is 0 Å². The fourth-order valence-corrected chi connectivity index (χ4v) is 4.36. The summed E-state index contributed by atoms with van der Waals surface area (Å²) in [5.74, 6) is 4.56. The second-order valence-corrected chi connectivity index (χ2v) is 5.42. The van der Waals surface area contributed by atoms with E-state index in [9.17, 15) is 0 Å². The van der Waals surface area contributed by atoms with Crippen LogP contribution in [-0.4, -0.2) is 0 Å². The maximum Gasteiger partial charge on any atom is -0.0103 e. The Labute approximate surface area is 80.7 Å². The lowest BCUT2D eigenvalue weighted by molar-refractivity contribution is 0.247. The Balaban J connectivity index is 2.00. The zero-order valence-electron chi connectivity index (χ0n) is 8.42. The Bertz CT molecular complexity index is 286. The molecule has 0 aromatic carbocycles. The van der Waals surface area contributed by atoms with Crippen molar-refractivity contribution in [1.29, 1.82) is 0 Å². The topological polar surface area (TPSA) is 0 Å². The first-order valence-corrected chi connectivity index (χ1v) is 5.54. The normalized spacial score (nSPS) is 53.2. The van der Waals surface area contributed by atoms with Gasteiger partial charge in [-0.15, -0.1) is 0 Å². The third-order valence-corrected chi connectivity index (χ3v) is 4.73. The lowest BCUT2D eigenvalue weighted by Crippen LogP contribution is -2.23. The van der Waals surface area contributed by atoms with Gasteiger partial charge in [-0.1, -0.05) is 31.2 Å². The molecular weight excluding hydrogens is 156 g/mol. The van der Waals surface area contributed by atoms with Gasteiger partial charge >= 0.3 is 0 Å². The number of rotatable bonds is 0. The minimum atomic E-state index is 0.834. The highest BCUT2D eigenvalue weighted by molar-refractivity contribution is 5.32. The molecule has 0 heterocycles. The van der Waals surface area contributed by atoms with E-state index in [0.717, 1.165) is 36.0 Å². The van der Waals surface area contributed by atoms with Crippen molar-refractivity contribution in [2.45, 2.75) is 26.2 Å². The van der Waals surface area contributed by atoms with Crippen LogP contribution in [0.15, 0.2) is 24.3 Å². The third kappa shape index (κ3) is 0.820. The van der Waals surface area contributed by atoms with Gasteiger partial charge in [0, 0.05) is 0 Å². The summed E-state index contributed by atoms with van der Waals surface area (Å²) >= 11 is 0. The van der Waals surface area contributed by atoms with Crippen molar-refractivity contribution in [2.75, 3.05) is 0 Å². The number of fused-ring (bicyclic) bond motifs is 5. The van der Waals surface area contributed by atoms with Crippen LogP contribution in [0, 0.1) is 29.6 Å². The first-order chi connectivity index (χ1) is 6.18.